The molecular weight excluding hydrogens is 281 g/mol. The van der Waals surface area contributed by atoms with Crippen molar-refractivity contribution >= 4 is 11.4 Å². The first kappa shape index (κ1) is 14.8. The van der Waals surface area contributed by atoms with Crippen LogP contribution in [0.15, 0.2) is 16.7 Å². The highest BCUT2D eigenvalue weighted by atomic mass is 19.1. The summed E-state index contributed by atoms with van der Waals surface area (Å²) in [5.74, 6) is -0.105. The van der Waals surface area contributed by atoms with Crippen LogP contribution in [0.1, 0.15) is 17.0 Å². The van der Waals surface area contributed by atoms with Gasteiger partial charge in [0, 0.05) is 18.2 Å². The zero-order valence-corrected chi connectivity index (χ0v) is 11.8. The van der Waals surface area contributed by atoms with E-state index in [-0.39, 0.29) is 11.4 Å². The number of anilines is 1. The maximum Gasteiger partial charge on any atom is 0.313 e. The van der Waals surface area contributed by atoms with Crippen LogP contribution in [0.4, 0.5) is 15.8 Å². The maximum absolute atomic E-state index is 13.9. The summed E-state index contributed by atoms with van der Waals surface area (Å²) in [7, 11) is 1.29. The number of rotatable bonds is 5. The molecule has 0 spiro atoms. The topological polar surface area (TPSA) is 90.4 Å². The van der Waals surface area contributed by atoms with Crippen molar-refractivity contribution < 1.29 is 18.6 Å². The molecule has 0 bridgehead atoms. The molecular formula is C13H14FN3O4. The molecule has 0 saturated heterocycles. The van der Waals surface area contributed by atoms with E-state index >= 15 is 0 Å². The van der Waals surface area contributed by atoms with E-state index in [0.717, 1.165) is 11.6 Å². The van der Waals surface area contributed by atoms with E-state index in [0.29, 0.717) is 18.0 Å². The molecule has 7 nitrogen and oxygen atoms in total. The summed E-state index contributed by atoms with van der Waals surface area (Å²) in [5.41, 5.74) is 1.20. The summed E-state index contributed by atoms with van der Waals surface area (Å²) < 4.78 is 23.8. The van der Waals surface area contributed by atoms with Crippen molar-refractivity contribution in [2.45, 2.75) is 20.4 Å². The number of aryl methyl sites for hydroxylation is 2. The van der Waals surface area contributed by atoms with Gasteiger partial charge in [0.2, 0.25) is 0 Å². The van der Waals surface area contributed by atoms with E-state index in [9.17, 15) is 14.5 Å². The fourth-order valence-electron chi connectivity index (χ4n) is 1.92. The number of methoxy groups -OCH3 is 1. The smallest absolute Gasteiger partial charge is 0.313 e. The Morgan fingerprint density at radius 1 is 1.48 bits per heavy atom. The lowest BCUT2D eigenvalue weighted by molar-refractivity contribution is -0.385. The monoisotopic (exact) mass is 295 g/mol. The molecule has 0 atom stereocenters. The van der Waals surface area contributed by atoms with Crippen molar-refractivity contribution in [3.8, 4) is 5.75 Å². The third-order valence-corrected chi connectivity index (χ3v) is 3.10. The van der Waals surface area contributed by atoms with Crippen molar-refractivity contribution in [1.82, 2.24) is 5.16 Å². The predicted octanol–water partition coefficient (Wildman–Crippen LogP) is 2.96. The molecule has 0 radical (unpaired) electrons. The highest BCUT2D eigenvalue weighted by molar-refractivity contribution is 5.59. The van der Waals surface area contributed by atoms with Gasteiger partial charge in [-0.3, -0.25) is 10.1 Å². The fraction of sp³-hybridized carbons (Fsp3) is 0.308. The van der Waals surface area contributed by atoms with Gasteiger partial charge in [0.25, 0.3) is 0 Å². The van der Waals surface area contributed by atoms with Crippen LogP contribution in [0.5, 0.6) is 5.75 Å². The average Bonchev–Trinajstić information content (AvgIpc) is 2.76. The first-order chi connectivity index (χ1) is 9.93. The molecule has 1 heterocycles. The highest BCUT2D eigenvalue weighted by Gasteiger charge is 2.19. The summed E-state index contributed by atoms with van der Waals surface area (Å²) in [6.07, 6.45) is 0. The third kappa shape index (κ3) is 2.93. The Bertz CT molecular complexity index is 665. The van der Waals surface area contributed by atoms with Gasteiger partial charge in [-0.15, -0.1) is 0 Å². The van der Waals surface area contributed by atoms with Crippen LogP contribution in [0.25, 0.3) is 0 Å². The van der Waals surface area contributed by atoms with Crippen LogP contribution < -0.4 is 10.1 Å². The number of hydrogen-bond acceptors (Lipinski definition) is 6. The van der Waals surface area contributed by atoms with Gasteiger partial charge >= 0.3 is 5.69 Å². The molecule has 0 aliphatic rings. The van der Waals surface area contributed by atoms with Gasteiger partial charge in [-0.1, -0.05) is 5.16 Å². The minimum absolute atomic E-state index is 0.0114. The number of nitro groups is 1. The Labute approximate surface area is 119 Å². The van der Waals surface area contributed by atoms with Crippen LogP contribution >= 0.6 is 0 Å². The van der Waals surface area contributed by atoms with Crippen molar-refractivity contribution in [2.75, 3.05) is 12.4 Å². The lowest BCUT2D eigenvalue weighted by Crippen LogP contribution is -2.04. The normalized spacial score (nSPS) is 10.5. The lowest BCUT2D eigenvalue weighted by atomic mass is 10.2. The second kappa shape index (κ2) is 5.78. The Hall–Kier alpha value is -2.64. The molecule has 1 aromatic heterocycles. The summed E-state index contributed by atoms with van der Waals surface area (Å²) in [4.78, 5) is 10.1. The van der Waals surface area contributed by atoms with Crippen molar-refractivity contribution in [3.05, 3.63) is 45.1 Å². The number of nitrogens with one attached hydrogen (secondary N) is 1. The first-order valence-electron chi connectivity index (χ1n) is 6.11. The van der Waals surface area contributed by atoms with E-state index in [1.807, 2.05) is 0 Å². The van der Waals surface area contributed by atoms with Crippen molar-refractivity contribution in [1.29, 1.82) is 0 Å². The van der Waals surface area contributed by atoms with Gasteiger partial charge in [-0.25, -0.2) is 4.39 Å². The summed E-state index contributed by atoms with van der Waals surface area (Å²) in [6.45, 7) is 3.82. The highest BCUT2D eigenvalue weighted by Crippen LogP contribution is 2.32. The molecule has 2 rings (SSSR count). The Balaban J connectivity index is 2.27. The number of aromatic nitrogens is 1. The van der Waals surface area contributed by atoms with E-state index < -0.39 is 16.4 Å². The predicted molar refractivity (Wildman–Crippen MR) is 72.9 cm³/mol. The Morgan fingerprint density at radius 3 is 2.71 bits per heavy atom. The molecule has 1 aromatic carbocycles. The number of nitro benzene ring substituents is 1. The zero-order valence-electron chi connectivity index (χ0n) is 11.8. The number of hydrogen-bond donors (Lipinski definition) is 1. The summed E-state index contributed by atoms with van der Waals surface area (Å²) in [5, 5.41) is 17.5. The standard InChI is InChI=1S/C13H14FN3O4/c1-7-9(8(2)21-16-7)6-15-11-5-13(20-3)12(17(18)19)4-10(11)14/h4-5,15H,6H2,1-3H3. The molecule has 21 heavy (non-hydrogen) atoms. The van der Waals surface area contributed by atoms with Crippen LogP contribution in [0.2, 0.25) is 0 Å². The molecule has 0 saturated carbocycles. The molecule has 0 amide bonds. The Morgan fingerprint density at radius 2 is 2.19 bits per heavy atom. The van der Waals surface area contributed by atoms with Crippen molar-refractivity contribution in [3.63, 3.8) is 0 Å². The van der Waals surface area contributed by atoms with Gasteiger partial charge in [-0.2, -0.15) is 0 Å². The van der Waals surface area contributed by atoms with E-state index in [2.05, 4.69) is 10.5 Å². The minimum atomic E-state index is -0.728. The lowest BCUT2D eigenvalue weighted by Gasteiger charge is -2.09. The Kier molecular flexibility index (Phi) is 4.06. The second-order valence-electron chi connectivity index (χ2n) is 4.42. The quantitative estimate of drug-likeness (QED) is 0.673. The summed E-state index contributed by atoms with van der Waals surface area (Å²) >= 11 is 0. The molecule has 8 heteroatoms. The first-order valence-corrected chi connectivity index (χ1v) is 6.11. The van der Waals surface area contributed by atoms with Gasteiger partial charge in [0.15, 0.2) is 11.6 Å². The number of ether oxygens (including phenoxy) is 1. The molecule has 2 aromatic rings. The number of benzene rings is 1. The van der Waals surface area contributed by atoms with Gasteiger partial charge < -0.3 is 14.6 Å². The van der Waals surface area contributed by atoms with Gasteiger partial charge in [0.1, 0.15) is 5.76 Å². The maximum atomic E-state index is 13.9. The molecule has 1 N–H and O–H groups in total. The zero-order chi connectivity index (χ0) is 15.6. The molecule has 112 valence electrons. The summed E-state index contributed by atoms with van der Waals surface area (Å²) in [6, 6.07) is 2.08. The third-order valence-electron chi connectivity index (χ3n) is 3.10. The van der Waals surface area contributed by atoms with E-state index in [1.54, 1.807) is 13.8 Å². The number of nitrogens with zero attached hydrogens (tertiary/aromatic N) is 2. The van der Waals surface area contributed by atoms with Gasteiger partial charge in [0.05, 0.1) is 29.5 Å². The van der Waals surface area contributed by atoms with Crippen LogP contribution in [-0.4, -0.2) is 17.2 Å². The average molecular weight is 295 g/mol. The molecule has 0 unspecified atom stereocenters. The minimum Gasteiger partial charge on any atom is -0.490 e. The van der Waals surface area contributed by atoms with Crippen LogP contribution in [0, 0.1) is 29.8 Å². The van der Waals surface area contributed by atoms with Gasteiger partial charge in [-0.05, 0) is 13.8 Å². The number of halogens is 1. The fourth-order valence-corrected chi connectivity index (χ4v) is 1.92. The van der Waals surface area contributed by atoms with Crippen LogP contribution in [-0.2, 0) is 6.54 Å². The van der Waals surface area contributed by atoms with Crippen molar-refractivity contribution in [2.24, 2.45) is 0 Å². The molecule has 0 fully saturated rings. The van der Waals surface area contributed by atoms with E-state index in [1.165, 1.54) is 13.2 Å². The van der Waals surface area contributed by atoms with E-state index in [4.69, 9.17) is 9.26 Å². The molecule has 0 aliphatic heterocycles. The second-order valence-corrected chi connectivity index (χ2v) is 4.42. The molecule has 0 aliphatic carbocycles. The van der Waals surface area contributed by atoms with Crippen LogP contribution in [0.3, 0.4) is 0 Å². The SMILES string of the molecule is COc1cc(NCc2c(C)noc2C)c(F)cc1[N+](=O)[O-]. The largest absolute Gasteiger partial charge is 0.490 e.